The van der Waals surface area contributed by atoms with Crippen LogP contribution in [0.5, 0.6) is 0 Å². The summed E-state index contributed by atoms with van der Waals surface area (Å²) in [6.07, 6.45) is 2.19. The Morgan fingerprint density at radius 2 is 1.42 bits per heavy atom. The third-order valence-corrected chi connectivity index (χ3v) is 4.56. The molecule has 2 rings (SSSR count). The quantitative estimate of drug-likeness (QED) is 0.550. The van der Waals surface area contributed by atoms with Crippen LogP contribution in [0.1, 0.15) is 11.1 Å². The molecule has 0 aliphatic heterocycles. The average Bonchev–Trinajstić information content (AvgIpc) is 2.46. The molecule has 1 heteroatoms. The third kappa shape index (κ3) is 4.61. The molecule has 19 heavy (non-hydrogen) atoms. The van der Waals surface area contributed by atoms with Crippen LogP contribution in [0.3, 0.4) is 0 Å². The van der Waals surface area contributed by atoms with Crippen molar-refractivity contribution in [2.45, 2.75) is 13.1 Å². The fourth-order valence-electron chi connectivity index (χ4n) is 1.67. The lowest BCUT2D eigenvalue weighted by Crippen LogP contribution is -2.19. The average molecular weight is 262 g/mol. The first-order valence-electron chi connectivity index (χ1n) is 6.48. The monoisotopic (exact) mass is 262 g/mol. The zero-order valence-corrected chi connectivity index (χ0v) is 12.4. The lowest BCUT2D eigenvalue weighted by Gasteiger charge is -2.07. The van der Waals surface area contributed by atoms with Gasteiger partial charge in [0.25, 0.3) is 0 Å². The minimum absolute atomic E-state index is 1.09. The van der Waals surface area contributed by atoms with Gasteiger partial charge in [0.2, 0.25) is 0 Å². The Kier molecular flexibility index (Phi) is 4.38. The topological polar surface area (TPSA) is 0 Å². The zero-order valence-electron chi connectivity index (χ0n) is 11.4. The summed E-state index contributed by atoms with van der Waals surface area (Å²) < 4.78 is 0. The Bertz CT molecular complexity index is 598. The van der Waals surface area contributed by atoms with E-state index in [1.807, 2.05) is 24.3 Å². The maximum atomic E-state index is 3.45. The van der Waals surface area contributed by atoms with Gasteiger partial charge >= 0.3 is 0 Å². The first-order valence-corrected chi connectivity index (χ1v) is 9.56. The lowest BCUT2D eigenvalue weighted by atomic mass is 10.2. The van der Waals surface area contributed by atoms with Crippen molar-refractivity contribution in [3.8, 4) is 11.5 Å². The molecule has 2 aromatic carbocycles. The van der Waals surface area contributed by atoms with Crippen molar-refractivity contribution in [2.24, 2.45) is 0 Å². The van der Waals surface area contributed by atoms with Crippen molar-refractivity contribution in [3.63, 3.8) is 0 Å². The molecule has 0 radical (unpaired) electrons. The summed E-state index contributed by atoms with van der Waals surface area (Å²) in [5.74, 6) is 3.28. The Morgan fingerprint density at radius 1 is 0.842 bits per heavy atom. The molecule has 0 aliphatic carbocycles. The van der Waals surface area contributed by atoms with Gasteiger partial charge in [-0.1, -0.05) is 79.3 Å². The Labute approximate surface area is 116 Å². The molecule has 0 saturated carbocycles. The number of benzene rings is 2. The number of rotatable bonds is 2. The highest BCUT2D eigenvalue weighted by Crippen LogP contribution is 2.08. The molecule has 0 aliphatic rings. The highest BCUT2D eigenvalue weighted by Gasteiger charge is 2.12. The van der Waals surface area contributed by atoms with Gasteiger partial charge < -0.3 is 0 Å². The minimum Gasteiger partial charge on any atom is -0.121 e. The van der Waals surface area contributed by atoms with E-state index in [0.717, 1.165) is 5.56 Å². The Hall–Kier alpha value is -2.04. The molecule has 0 amide bonds. The standard InChI is InChI=1S/C18H18Si/c1-19(2,15-13-17-9-5-3-6-10-17)16-14-18-11-7-4-8-12-18/h3-13,15H,1-2H3/b15-13+. The van der Waals surface area contributed by atoms with E-state index in [1.165, 1.54) is 5.56 Å². The van der Waals surface area contributed by atoms with E-state index in [4.69, 9.17) is 0 Å². The summed E-state index contributed by atoms with van der Waals surface area (Å²) in [4.78, 5) is 0. The second kappa shape index (κ2) is 6.22. The molecule has 0 unspecified atom stereocenters. The van der Waals surface area contributed by atoms with Crippen LogP contribution in [0.15, 0.2) is 66.4 Å². The van der Waals surface area contributed by atoms with Crippen LogP contribution in [0.4, 0.5) is 0 Å². The van der Waals surface area contributed by atoms with Crippen LogP contribution in [0.25, 0.3) is 6.08 Å². The van der Waals surface area contributed by atoms with Crippen molar-refractivity contribution in [2.75, 3.05) is 0 Å². The molecule has 0 fully saturated rings. The molecule has 0 nitrogen and oxygen atoms in total. The SMILES string of the molecule is C[Si](C)(C#Cc1ccccc1)/C=C/c1ccccc1. The molecule has 0 spiro atoms. The fourth-order valence-corrected chi connectivity index (χ4v) is 2.82. The van der Waals surface area contributed by atoms with Crippen LogP contribution < -0.4 is 0 Å². The molecule has 0 atom stereocenters. The first kappa shape index (κ1) is 13.4. The van der Waals surface area contributed by atoms with Gasteiger partial charge in [0.05, 0.1) is 0 Å². The fraction of sp³-hybridized carbons (Fsp3) is 0.111. The van der Waals surface area contributed by atoms with E-state index in [0.29, 0.717) is 0 Å². The molecule has 0 N–H and O–H groups in total. The van der Waals surface area contributed by atoms with Gasteiger partial charge in [-0.2, -0.15) is 0 Å². The summed E-state index contributed by atoms with van der Waals surface area (Å²) in [6.45, 7) is 4.53. The third-order valence-electron chi connectivity index (χ3n) is 2.79. The molecule has 0 saturated heterocycles. The Morgan fingerprint density at radius 3 is 2.05 bits per heavy atom. The highest BCUT2D eigenvalue weighted by molar-refractivity contribution is 6.90. The molecule has 2 aromatic rings. The maximum Gasteiger partial charge on any atom is 0.156 e. The smallest absolute Gasteiger partial charge is 0.121 e. The van der Waals surface area contributed by atoms with Crippen LogP contribution >= 0.6 is 0 Å². The first-order chi connectivity index (χ1) is 9.16. The van der Waals surface area contributed by atoms with E-state index >= 15 is 0 Å². The van der Waals surface area contributed by atoms with Gasteiger partial charge in [0.15, 0.2) is 8.07 Å². The second-order valence-electron chi connectivity index (χ2n) is 5.08. The summed E-state index contributed by atoms with van der Waals surface area (Å²) in [5, 5.41) is 0. The maximum absolute atomic E-state index is 3.45. The predicted molar refractivity (Wildman–Crippen MR) is 86.3 cm³/mol. The largest absolute Gasteiger partial charge is 0.156 e. The molecule has 0 aromatic heterocycles. The van der Waals surface area contributed by atoms with E-state index < -0.39 is 8.07 Å². The van der Waals surface area contributed by atoms with Gasteiger partial charge in [-0.25, -0.2) is 0 Å². The van der Waals surface area contributed by atoms with Gasteiger partial charge in [-0.05, 0) is 17.7 Å². The van der Waals surface area contributed by atoms with E-state index in [2.05, 4.69) is 72.7 Å². The summed E-state index contributed by atoms with van der Waals surface area (Å²) in [7, 11) is -1.61. The van der Waals surface area contributed by atoms with Crippen molar-refractivity contribution in [3.05, 3.63) is 77.5 Å². The van der Waals surface area contributed by atoms with E-state index in [1.54, 1.807) is 0 Å². The highest BCUT2D eigenvalue weighted by atomic mass is 28.3. The molecule has 94 valence electrons. The van der Waals surface area contributed by atoms with E-state index in [-0.39, 0.29) is 0 Å². The summed E-state index contributed by atoms with van der Waals surface area (Å²) >= 11 is 0. The lowest BCUT2D eigenvalue weighted by molar-refractivity contribution is 1.65. The summed E-state index contributed by atoms with van der Waals surface area (Å²) in [5.41, 5.74) is 8.07. The van der Waals surface area contributed by atoms with Crippen molar-refractivity contribution in [1.82, 2.24) is 0 Å². The van der Waals surface area contributed by atoms with Crippen molar-refractivity contribution in [1.29, 1.82) is 0 Å². The van der Waals surface area contributed by atoms with Crippen molar-refractivity contribution < 1.29 is 0 Å². The van der Waals surface area contributed by atoms with E-state index in [9.17, 15) is 0 Å². The normalized spacial score (nSPS) is 11.1. The molecule has 0 bridgehead atoms. The molecular weight excluding hydrogens is 244 g/mol. The number of hydrogen-bond donors (Lipinski definition) is 0. The summed E-state index contributed by atoms with van der Waals surface area (Å²) in [6, 6.07) is 20.6. The number of hydrogen-bond acceptors (Lipinski definition) is 0. The molecular formula is C18H18Si. The second-order valence-corrected chi connectivity index (χ2v) is 9.11. The zero-order chi connectivity index (χ0) is 13.6. The van der Waals surface area contributed by atoms with Crippen LogP contribution in [0.2, 0.25) is 13.1 Å². The van der Waals surface area contributed by atoms with Gasteiger partial charge in [0, 0.05) is 5.56 Å². The van der Waals surface area contributed by atoms with Crippen LogP contribution in [0, 0.1) is 11.5 Å². The molecule has 0 heterocycles. The van der Waals surface area contributed by atoms with Crippen LogP contribution in [-0.4, -0.2) is 8.07 Å². The van der Waals surface area contributed by atoms with Crippen molar-refractivity contribution >= 4 is 14.1 Å². The van der Waals surface area contributed by atoms with Gasteiger partial charge in [0.1, 0.15) is 0 Å². The minimum atomic E-state index is -1.61. The Balaban J connectivity index is 2.11. The van der Waals surface area contributed by atoms with Crippen LogP contribution in [-0.2, 0) is 0 Å². The predicted octanol–water partition coefficient (Wildman–Crippen LogP) is 4.54. The van der Waals surface area contributed by atoms with Gasteiger partial charge in [-0.3, -0.25) is 0 Å². The van der Waals surface area contributed by atoms with Gasteiger partial charge in [-0.15, -0.1) is 5.54 Å².